The van der Waals surface area contributed by atoms with Crippen LogP contribution in [-0.2, 0) is 14.3 Å². The lowest BCUT2D eigenvalue weighted by Crippen LogP contribution is -2.35. The van der Waals surface area contributed by atoms with Crippen molar-refractivity contribution in [3.63, 3.8) is 0 Å². The predicted molar refractivity (Wildman–Crippen MR) is 198 cm³/mol. The van der Waals surface area contributed by atoms with Gasteiger partial charge in [0.05, 0.1) is 39.8 Å². The van der Waals surface area contributed by atoms with E-state index >= 15 is 0 Å². The average molecular weight is 687 g/mol. The standard InChI is InChI=1S/C39H47ClN4O3S/c1-7-9-10-19-43-20-17-29(18-21-43)44-24-41-30-23-27(13-16-32(30)44)37-42-31-22-25(3)33(35(38(45)46-8-2)47-39(4,5)6)34(36(31)48-37)26-11-14-28(40)15-12-26/h11-16,22-24,29,35H,7-10,17-21H2,1-6H3/t35-/m0/s1. The Balaban J connectivity index is 1.38. The van der Waals surface area contributed by atoms with Crippen molar-refractivity contribution in [1.82, 2.24) is 19.4 Å². The number of likely N-dealkylation sites (tertiary alicyclic amines) is 1. The van der Waals surface area contributed by atoms with Gasteiger partial charge in [0.15, 0.2) is 6.10 Å². The molecule has 1 saturated heterocycles. The van der Waals surface area contributed by atoms with Gasteiger partial charge in [0.1, 0.15) is 5.01 Å². The number of hydrogen-bond acceptors (Lipinski definition) is 7. The Bertz CT molecular complexity index is 1880. The van der Waals surface area contributed by atoms with Crippen LogP contribution in [0.3, 0.4) is 0 Å². The molecule has 2 aromatic heterocycles. The van der Waals surface area contributed by atoms with Crippen LogP contribution < -0.4 is 0 Å². The Morgan fingerprint density at radius 1 is 1.02 bits per heavy atom. The van der Waals surface area contributed by atoms with Crippen molar-refractivity contribution in [2.75, 3.05) is 26.2 Å². The van der Waals surface area contributed by atoms with Gasteiger partial charge in [0.2, 0.25) is 0 Å². The molecular formula is C39H47ClN4O3S. The van der Waals surface area contributed by atoms with E-state index in [0.29, 0.717) is 11.1 Å². The second kappa shape index (κ2) is 14.7. The summed E-state index contributed by atoms with van der Waals surface area (Å²) in [4.78, 5) is 26.1. The molecule has 5 aromatic rings. The van der Waals surface area contributed by atoms with Crippen LogP contribution in [0.15, 0.2) is 54.9 Å². The lowest BCUT2D eigenvalue weighted by Gasteiger charge is -2.32. The molecule has 1 fully saturated rings. The van der Waals surface area contributed by atoms with E-state index in [1.165, 1.54) is 31.3 Å². The van der Waals surface area contributed by atoms with E-state index in [2.05, 4.69) is 40.7 Å². The zero-order chi connectivity index (χ0) is 34.0. The summed E-state index contributed by atoms with van der Waals surface area (Å²) < 4.78 is 15.4. The SMILES string of the molecule is CCCCCN1CCC(n2cnc3cc(-c4nc5cc(C)c([C@H](OC(C)(C)C)C(=O)OCC)c(-c6ccc(Cl)cc6)c5s4)ccc32)CC1. The molecule has 7 nitrogen and oxygen atoms in total. The summed E-state index contributed by atoms with van der Waals surface area (Å²) in [6.07, 6.45) is 7.28. The molecule has 48 heavy (non-hydrogen) atoms. The van der Waals surface area contributed by atoms with Crippen molar-refractivity contribution < 1.29 is 14.3 Å². The summed E-state index contributed by atoms with van der Waals surface area (Å²) in [7, 11) is 0. The number of carbonyl (C=O) groups is 1. The number of carbonyl (C=O) groups excluding carboxylic acids is 1. The second-order valence-electron chi connectivity index (χ2n) is 13.9. The van der Waals surface area contributed by atoms with Crippen LogP contribution in [0.25, 0.3) is 42.9 Å². The molecule has 9 heteroatoms. The number of esters is 1. The van der Waals surface area contributed by atoms with E-state index in [4.69, 9.17) is 31.0 Å². The predicted octanol–water partition coefficient (Wildman–Crippen LogP) is 10.2. The topological polar surface area (TPSA) is 69.5 Å². The molecule has 0 radical (unpaired) electrons. The molecule has 1 aliphatic rings. The maximum absolute atomic E-state index is 13.5. The average Bonchev–Trinajstić information content (AvgIpc) is 3.68. The molecule has 1 atom stereocenters. The zero-order valence-electron chi connectivity index (χ0n) is 29.0. The molecule has 0 saturated carbocycles. The van der Waals surface area contributed by atoms with Gasteiger partial charge < -0.3 is 18.9 Å². The fourth-order valence-corrected chi connectivity index (χ4v) is 8.08. The lowest BCUT2D eigenvalue weighted by atomic mass is 9.91. The van der Waals surface area contributed by atoms with E-state index in [0.717, 1.165) is 74.5 Å². The molecule has 0 aliphatic carbocycles. The smallest absolute Gasteiger partial charge is 0.339 e. The highest BCUT2D eigenvalue weighted by Crippen LogP contribution is 2.45. The number of benzene rings is 3. The number of ether oxygens (including phenoxy) is 2. The van der Waals surface area contributed by atoms with Gasteiger partial charge in [-0.3, -0.25) is 0 Å². The molecule has 0 amide bonds. The van der Waals surface area contributed by atoms with Gasteiger partial charge in [-0.05, 0) is 108 Å². The molecular weight excluding hydrogens is 640 g/mol. The number of piperidine rings is 1. The van der Waals surface area contributed by atoms with E-state index in [9.17, 15) is 4.79 Å². The number of hydrogen-bond donors (Lipinski definition) is 0. The van der Waals surface area contributed by atoms with Crippen LogP contribution in [-0.4, -0.2) is 57.2 Å². The third kappa shape index (κ3) is 7.47. The molecule has 6 rings (SSSR count). The molecule has 254 valence electrons. The first-order valence-electron chi connectivity index (χ1n) is 17.3. The molecule has 1 aliphatic heterocycles. The van der Waals surface area contributed by atoms with Crippen molar-refractivity contribution in [1.29, 1.82) is 0 Å². The number of fused-ring (bicyclic) bond motifs is 2. The van der Waals surface area contributed by atoms with Crippen molar-refractivity contribution in [3.8, 4) is 21.7 Å². The van der Waals surface area contributed by atoms with Crippen molar-refractivity contribution in [2.45, 2.75) is 91.4 Å². The van der Waals surface area contributed by atoms with Crippen LogP contribution >= 0.6 is 22.9 Å². The minimum absolute atomic E-state index is 0.265. The number of rotatable bonds is 11. The number of nitrogens with zero attached hydrogens (tertiary/aromatic N) is 4. The first-order valence-corrected chi connectivity index (χ1v) is 18.5. The van der Waals surface area contributed by atoms with Crippen LogP contribution in [0.5, 0.6) is 0 Å². The van der Waals surface area contributed by atoms with Gasteiger partial charge in [-0.15, -0.1) is 11.3 Å². The van der Waals surface area contributed by atoms with E-state index < -0.39 is 17.7 Å². The van der Waals surface area contributed by atoms with Gasteiger partial charge in [-0.2, -0.15) is 0 Å². The first-order chi connectivity index (χ1) is 23.1. The van der Waals surface area contributed by atoms with Crippen molar-refractivity contribution >= 4 is 50.2 Å². The largest absolute Gasteiger partial charge is 0.464 e. The Morgan fingerprint density at radius 2 is 1.75 bits per heavy atom. The Hall–Kier alpha value is -3.30. The van der Waals surface area contributed by atoms with Gasteiger partial charge in [0, 0.05) is 40.8 Å². The van der Waals surface area contributed by atoms with E-state index in [1.54, 1.807) is 11.3 Å². The molecule has 0 spiro atoms. The molecule has 0 unspecified atom stereocenters. The van der Waals surface area contributed by atoms with Gasteiger partial charge >= 0.3 is 5.97 Å². The monoisotopic (exact) mass is 686 g/mol. The summed E-state index contributed by atoms with van der Waals surface area (Å²) in [6, 6.07) is 16.8. The highest BCUT2D eigenvalue weighted by atomic mass is 35.5. The van der Waals surface area contributed by atoms with Crippen molar-refractivity contribution in [2.24, 2.45) is 0 Å². The maximum atomic E-state index is 13.5. The molecule has 3 heterocycles. The van der Waals surface area contributed by atoms with Gasteiger partial charge in [0.25, 0.3) is 0 Å². The fourth-order valence-electron chi connectivity index (χ4n) is 6.83. The summed E-state index contributed by atoms with van der Waals surface area (Å²) in [5, 5.41) is 1.55. The van der Waals surface area contributed by atoms with Crippen LogP contribution in [0, 0.1) is 6.92 Å². The maximum Gasteiger partial charge on any atom is 0.339 e. The first kappa shape index (κ1) is 34.6. The summed E-state index contributed by atoms with van der Waals surface area (Å²) >= 11 is 7.94. The number of aromatic nitrogens is 3. The number of halogens is 1. The van der Waals surface area contributed by atoms with Gasteiger partial charge in [-0.25, -0.2) is 14.8 Å². The molecule has 0 N–H and O–H groups in total. The minimum Gasteiger partial charge on any atom is -0.464 e. The molecule has 0 bridgehead atoms. The van der Waals surface area contributed by atoms with Crippen LogP contribution in [0.1, 0.15) is 90.0 Å². The van der Waals surface area contributed by atoms with E-state index in [-0.39, 0.29) is 6.61 Å². The van der Waals surface area contributed by atoms with Crippen LogP contribution in [0.4, 0.5) is 0 Å². The Labute approximate surface area is 293 Å². The highest BCUT2D eigenvalue weighted by molar-refractivity contribution is 7.22. The lowest BCUT2D eigenvalue weighted by molar-refractivity contribution is -0.166. The zero-order valence-corrected chi connectivity index (χ0v) is 30.6. The number of aryl methyl sites for hydroxylation is 1. The normalized spacial score (nSPS) is 15.4. The number of thiazole rings is 1. The van der Waals surface area contributed by atoms with Crippen molar-refractivity contribution in [3.05, 3.63) is 71.0 Å². The Morgan fingerprint density at radius 3 is 2.44 bits per heavy atom. The summed E-state index contributed by atoms with van der Waals surface area (Å²) in [5.74, 6) is -0.405. The second-order valence-corrected chi connectivity index (χ2v) is 15.3. The van der Waals surface area contributed by atoms with Gasteiger partial charge in [-0.1, -0.05) is 43.5 Å². The Kier molecular flexibility index (Phi) is 10.6. The highest BCUT2D eigenvalue weighted by Gasteiger charge is 2.33. The number of imidazole rings is 1. The summed E-state index contributed by atoms with van der Waals surface area (Å²) in [6.45, 7) is 15.7. The fraction of sp³-hybridized carbons (Fsp3) is 0.462. The minimum atomic E-state index is -0.908. The number of unbranched alkanes of at least 4 members (excludes halogenated alkanes) is 2. The third-order valence-corrected chi connectivity index (χ3v) is 10.5. The van der Waals surface area contributed by atoms with E-state index in [1.807, 2.05) is 65.2 Å². The molecule has 3 aromatic carbocycles. The summed E-state index contributed by atoms with van der Waals surface area (Å²) in [5.41, 5.74) is 7.02. The third-order valence-electron chi connectivity index (χ3n) is 9.15. The quantitative estimate of drug-likeness (QED) is 0.102. The van der Waals surface area contributed by atoms with Crippen LogP contribution in [0.2, 0.25) is 5.02 Å².